The Kier molecular flexibility index (Phi) is 2.09. The van der Waals surface area contributed by atoms with Crippen LogP contribution < -0.4 is 0 Å². The molecule has 0 radical (unpaired) electrons. The highest BCUT2D eigenvalue weighted by Gasteiger charge is 2.13. The molecule has 0 saturated heterocycles. The summed E-state index contributed by atoms with van der Waals surface area (Å²) in [6.07, 6.45) is 8.17. The summed E-state index contributed by atoms with van der Waals surface area (Å²) in [6.45, 7) is 0. The first-order valence-electron chi connectivity index (χ1n) is 4.41. The molecule has 0 saturated carbocycles. The molecule has 0 atom stereocenters. The summed E-state index contributed by atoms with van der Waals surface area (Å²) in [6, 6.07) is 5.76. The van der Waals surface area contributed by atoms with Crippen LogP contribution in [-0.4, -0.2) is 4.98 Å². The number of pyridine rings is 1. The number of nitrogens with zero attached hydrogens (tertiary/aromatic N) is 2. The van der Waals surface area contributed by atoms with Gasteiger partial charge in [-0.2, -0.15) is 5.26 Å². The highest BCUT2D eigenvalue weighted by Crippen LogP contribution is 2.27. The van der Waals surface area contributed by atoms with Gasteiger partial charge in [-0.3, -0.25) is 4.98 Å². The quantitative estimate of drug-likeness (QED) is 0.607. The topological polar surface area (TPSA) is 36.7 Å². The number of hydrogen-bond acceptors (Lipinski definition) is 2. The molecule has 64 valence electrons. The van der Waals surface area contributed by atoms with Crippen LogP contribution in [0, 0.1) is 11.3 Å². The van der Waals surface area contributed by atoms with Gasteiger partial charge in [0.1, 0.15) is 0 Å². The van der Waals surface area contributed by atoms with Crippen molar-refractivity contribution in [3.8, 4) is 6.07 Å². The molecule has 1 aromatic rings. The Labute approximate surface area is 77.5 Å². The molecule has 1 aliphatic rings. The lowest BCUT2D eigenvalue weighted by Gasteiger charge is -2.07. The predicted octanol–water partition coefficient (Wildman–Crippen LogP) is 2.39. The standard InChI is InChI=1S/C11H10N2/c12-8-9-5-6-13-11(7-9)10-3-1-2-4-10/h1-2,5-7,10H,3-4H2. The van der Waals surface area contributed by atoms with E-state index in [1.807, 2.05) is 6.07 Å². The van der Waals surface area contributed by atoms with Gasteiger partial charge in [-0.15, -0.1) is 0 Å². The number of hydrogen-bond donors (Lipinski definition) is 0. The Bertz CT molecular complexity index is 366. The average Bonchev–Trinajstić information content (AvgIpc) is 2.71. The minimum absolute atomic E-state index is 0.494. The Morgan fingerprint density at radius 2 is 2.15 bits per heavy atom. The van der Waals surface area contributed by atoms with Gasteiger partial charge >= 0.3 is 0 Å². The molecule has 0 bridgehead atoms. The lowest BCUT2D eigenvalue weighted by molar-refractivity contribution is 0.724. The Balaban J connectivity index is 2.26. The second-order valence-corrected chi connectivity index (χ2v) is 3.22. The molecule has 0 spiro atoms. The smallest absolute Gasteiger partial charge is 0.0992 e. The monoisotopic (exact) mass is 170 g/mol. The van der Waals surface area contributed by atoms with E-state index in [0.29, 0.717) is 11.5 Å². The second-order valence-electron chi connectivity index (χ2n) is 3.22. The highest BCUT2D eigenvalue weighted by atomic mass is 14.7. The Morgan fingerprint density at radius 1 is 1.38 bits per heavy atom. The van der Waals surface area contributed by atoms with Gasteiger partial charge in [0.2, 0.25) is 0 Å². The molecular weight excluding hydrogens is 160 g/mol. The first-order valence-corrected chi connectivity index (χ1v) is 4.41. The van der Waals surface area contributed by atoms with E-state index in [9.17, 15) is 0 Å². The van der Waals surface area contributed by atoms with Gasteiger partial charge in [-0.05, 0) is 25.0 Å². The van der Waals surface area contributed by atoms with Crippen molar-refractivity contribution in [3.05, 3.63) is 41.7 Å². The molecule has 1 aliphatic carbocycles. The van der Waals surface area contributed by atoms with E-state index in [1.54, 1.807) is 12.3 Å². The molecule has 1 heterocycles. The molecule has 0 fully saturated rings. The maximum Gasteiger partial charge on any atom is 0.0992 e. The van der Waals surface area contributed by atoms with Gasteiger partial charge in [-0.1, -0.05) is 12.2 Å². The largest absolute Gasteiger partial charge is 0.261 e. The zero-order chi connectivity index (χ0) is 9.10. The molecule has 1 aromatic heterocycles. The van der Waals surface area contributed by atoms with E-state index in [0.717, 1.165) is 18.5 Å². The van der Waals surface area contributed by atoms with Gasteiger partial charge in [0.05, 0.1) is 11.6 Å². The fourth-order valence-electron chi connectivity index (χ4n) is 1.60. The van der Waals surface area contributed by atoms with Gasteiger partial charge in [0.15, 0.2) is 0 Å². The van der Waals surface area contributed by atoms with E-state index in [4.69, 9.17) is 5.26 Å². The number of allylic oxidation sites excluding steroid dienone is 2. The first-order chi connectivity index (χ1) is 6.40. The van der Waals surface area contributed by atoms with Crippen LogP contribution in [0.3, 0.4) is 0 Å². The predicted molar refractivity (Wildman–Crippen MR) is 50.1 cm³/mol. The molecule has 0 amide bonds. The van der Waals surface area contributed by atoms with E-state index >= 15 is 0 Å². The van der Waals surface area contributed by atoms with E-state index in [2.05, 4.69) is 23.2 Å². The number of nitriles is 1. The minimum Gasteiger partial charge on any atom is -0.261 e. The molecule has 2 nitrogen and oxygen atoms in total. The van der Waals surface area contributed by atoms with Gasteiger partial charge in [0.25, 0.3) is 0 Å². The molecule has 2 heteroatoms. The van der Waals surface area contributed by atoms with Crippen LogP contribution in [0.1, 0.15) is 30.0 Å². The molecule has 2 rings (SSSR count). The summed E-state index contributed by atoms with van der Waals surface area (Å²) in [5, 5.41) is 8.71. The summed E-state index contributed by atoms with van der Waals surface area (Å²) >= 11 is 0. The van der Waals surface area contributed by atoms with Crippen LogP contribution in [0.15, 0.2) is 30.5 Å². The van der Waals surface area contributed by atoms with Crippen LogP contribution in [-0.2, 0) is 0 Å². The van der Waals surface area contributed by atoms with Crippen LogP contribution in [0.5, 0.6) is 0 Å². The third kappa shape index (κ3) is 1.59. The van der Waals surface area contributed by atoms with Gasteiger partial charge < -0.3 is 0 Å². The van der Waals surface area contributed by atoms with Crippen molar-refractivity contribution in [1.29, 1.82) is 5.26 Å². The van der Waals surface area contributed by atoms with Crippen molar-refractivity contribution < 1.29 is 0 Å². The first kappa shape index (κ1) is 8.00. The summed E-state index contributed by atoms with van der Waals surface area (Å²) in [7, 11) is 0. The summed E-state index contributed by atoms with van der Waals surface area (Å²) in [5.74, 6) is 0.494. The second kappa shape index (κ2) is 3.40. The van der Waals surface area contributed by atoms with Gasteiger partial charge in [-0.25, -0.2) is 0 Å². The molecular formula is C11H10N2. The van der Waals surface area contributed by atoms with Gasteiger partial charge in [0, 0.05) is 17.8 Å². The fraction of sp³-hybridized carbons (Fsp3) is 0.273. The van der Waals surface area contributed by atoms with Crippen LogP contribution in [0.2, 0.25) is 0 Å². The summed E-state index contributed by atoms with van der Waals surface area (Å²) < 4.78 is 0. The highest BCUT2D eigenvalue weighted by molar-refractivity contribution is 5.31. The van der Waals surface area contributed by atoms with Crippen molar-refractivity contribution in [2.75, 3.05) is 0 Å². The third-order valence-corrected chi connectivity index (χ3v) is 2.34. The molecule has 0 N–H and O–H groups in total. The molecule has 0 aliphatic heterocycles. The maximum atomic E-state index is 8.71. The van der Waals surface area contributed by atoms with E-state index in [1.165, 1.54) is 0 Å². The Morgan fingerprint density at radius 3 is 2.85 bits per heavy atom. The van der Waals surface area contributed by atoms with Crippen molar-refractivity contribution in [2.24, 2.45) is 0 Å². The molecule has 13 heavy (non-hydrogen) atoms. The zero-order valence-corrected chi connectivity index (χ0v) is 7.27. The summed E-state index contributed by atoms with van der Waals surface area (Å²) in [5.41, 5.74) is 1.75. The number of aromatic nitrogens is 1. The van der Waals surface area contributed by atoms with Crippen molar-refractivity contribution >= 4 is 0 Å². The summed E-state index contributed by atoms with van der Waals surface area (Å²) in [4.78, 5) is 4.28. The normalized spacial score (nSPS) is 15.9. The zero-order valence-electron chi connectivity index (χ0n) is 7.27. The van der Waals surface area contributed by atoms with Crippen LogP contribution >= 0.6 is 0 Å². The third-order valence-electron chi connectivity index (χ3n) is 2.34. The molecule has 0 unspecified atom stereocenters. The van der Waals surface area contributed by atoms with Crippen LogP contribution in [0.25, 0.3) is 0 Å². The van der Waals surface area contributed by atoms with E-state index in [-0.39, 0.29) is 0 Å². The average molecular weight is 170 g/mol. The molecule has 0 aromatic carbocycles. The lowest BCUT2D eigenvalue weighted by Crippen LogP contribution is -1.96. The maximum absolute atomic E-state index is 8.71. The van der Waals surface area contributed by atoms with Crippen LogP contribution in [0.4, 0.5) is 0 Å². The SMILES string of the molecule is N#Cc1ccnc(C2CC=CC2)c1. The fourth-order valence-corrected chi connectivity index (χ4v) is 1.60. The Hall–Kier alpha value is -1.62. The van der Waals surface area contributed by atoms with Crippen molar-refractivity contribution in [3.63, 3.8) is 0 Å². The lowest BCUT2D eigenvalue weighted by atomic mass is 10.0. The van der Waals surface area contributed by atoms with E-state index < -0.39 is 0 Å². The van der Waals surface area contributed by atoms with Crippen molar-refractivity contribution in [1.82, 2.24) is 4.98 Å². The number of rotatable bonds is 1. The van der Waals surface area contributed by atoms with Crippen molar-refractivity contribution in [2.45, 2.75) is 18.8 Å². The minimum atomic E-state index is 0.494.